The van der Waals surface area contributed by atoms with Crippen molar-refractivity contribution in [3.8, 4) is 11.3 Å². The van der Waals surface area contributed by atoms with E-state index in [2.05, 4.69) is 4.98 Å². The monoisotopic (exact) mass is 234 g/mol. The van der Waals surface area contributed by atoms with E-state index in [1.165, 1.54) is 12.1 Å². The number of rotatable bonds is 2. The van der Waals surface area contributed by atoms with Crippen LogP contribution in [0.25, 0.3) is 11.3 Å². The molecule has 0 fully saturated rings. The number of hydrogen-bond acceptors (Lipinski definition) is 3. The van der Waals surface area contributed by atoms with E-state index in [1.54, 1.807) is 24.3 Å². The second kappa shape index (κ2) is 4.28. The zero-order valence-corrected chi connectivity index (χ0v) is 8.89. The van der Waals surface area contributed by atoms with E-state index >= 15 is 0 Å². The van der Waals surface area contributed by atoms with Crippen LogP contribution in [0.5, 0.6) is 0 Å². The van der Waals surface area contributed by atoms with Crippen LogP contribution >= 0.6 is 11.6 Å². The minimum Gasteiger partial charge on any atom is -0.258 e. The summed E-state index contributed by atoms with van der Waals surface area (Å²) in [6.45, 7) is 0. The molecule has 0 aliphatic rings. The number of hydrogen-bond donors (Lipinski definition) is 0. The highest BCUT2D eigenvalue weighted by Gasteiger charge is 2.16. The summed E-state index contributed by atoms with van der Waals surface area (Å²) >= 11 is 5.74. The largest absolute Gasteiger partial charge is 0.295 e. The molecular formula is C11H7ClN2O2. The molecule has 0 spiro atoms. The summed E-state index contributed by atoms with van der Waals surface area (Å²) in [5.41, 5.74) is 0.922. The normalized spacial score (nSPS) is 10.1. The topological polar surface area (TPSA) is 56.0 Å². The molecule has 1 aromatic heterocycles. The molecule has 0 saturated carbocycles. The Bertz CT molecular complexity index is 529. The Morgan fingerprint density at radius 1 is 1.12 bits per heavy atom. The maximum Gasteiger partial charge on any atom is 0.295 e. The number of halogens is 1. The van der Waals surface area contributed by atoms with Crippen LogP contribution in [0.15, 0.2) is 42.5 Å². The first kappa shape index (κ1) is 10.6. The SMILES string of the molecule is O=[N+]([O-])c1ccc(Cl)nc1-c1ccccc1. The zero-order chi connectivity index (χ0) is 11.5. The molecule has 80 valence electrons. The quantitative estimate of drug-likeness (QED) is 0.455. The van der Waals surface area contributed by atoms with Crippen molar-refractivity contribution >= 4 is 17.3 Å². The van der Waals surface area contributed by atoms with Crippen LogP contribution in [0.1, 0.15) is 0 Å². The summed E-state index contributed by atoms with van der Waals surface area (Å²) in [5, 5.41) is 11.1. The minimum absolute atomic E-state index is 0.0457. The van der Waals surface area contributed by atoms with E-state index in [0.29, 0.717) is 5.56 Å². The Morgan fingerprint density at radius 3 is 2.44 bits per heavy atom. The van der Waals surface area contributed by atoms with Gasteiger partial charge in [0.25, 0.3) is 5.69 Å². The molecule has 0 bridgehead atoms. The molecule has 0 aliphatic heterocycles. The maximum atomic E-state index is 10.8. The molecule has 0 atom stereocenters. The number of nitrogens with zero attached hydrogens (tertiary/aromatic N) is 2. The van der Waals surface area contributed by atoms with Crippen LogP contribution in [-0.4, -0.2) is 9.91 Å². The summed E-state index contributed by atoms with van der Waals surface area (Å²) in [5.74, 6) is 0. The molecule has 2 aromatic rings. The van der Waals surface area contributed by atoms with Gasteiger partial charge in [0.2, 0.25) is 0 Å². The first-order valence-corrected chi connectivity index (χ1v) is 4.92. The van der Waals surface area contributed by atoms with E-state index in [1.807, 2.05) is 6.07 Å². The zero-order valence-electron chi connectivity index (χ0n) is 8.13. The third-order valence-corrected chi connectivity index (χ3v) is 2.29. The van der Waals surface area contributed by atoms with Crippen LogP contribution in [0.4, 0.5) is 5.69 Å². The van der Waals surface area contributed by atoms with Gasteiger partial charge in [-0.05, 0) is 6.07 Å². The Hall–Kier alpha value is -1.94. The van der Waals surface area contributed by atoms with Crippen molar-refractivity contribution < 1.29 is 4.92 Å². The third kappa shape index (κ3) is 2.01. The van der Waals surface area contributed by atoms with Gasteiger partial charge in [-0.25, -0.2) is 4.98 Å². The minimum atomic E-state index is -0.467. The Balaban J connectivity index is 2.63. The molecule has 16 heavy (non-hydrogen) atoms. The molecule has 0 unspecified atom stereocenters. The van der Waals surface area contributed by atoms with Crippen LogP contribution < -0.4 is 0 Å². The summed E-state index contributed by atoms with van der Waals surface area (Å²) in [6, 6.07) is 11.7. The number of pyridine rings is 1. The Morgan fingerprint density at radius 2 is 1.81 bits per heavy atom. The molecule has 1 aromatic carbocycles. The smallest absolute Gasteiger partial charge is 0.258 e. The first-order valence-electron chi connectivity index (χ1n) is 4.55. The van der Waals surface area contributed by atoms with Crippen LogP contribution in [0.2, 0.25) is 5.15 Å². The predicted molar refractivity (Wildman–Crippen MR) is 61.3 cm³/mol. The van der Waals surface area contributed by atoms with Crippen LogP contribution in [0.3, 0.4) is 0 Å². The lowest BCUT2D eigenvalue weighted by Crippen LogP contribution is -1.94. The summed E-state index contributed by atoms with van der Waals surface area (Å²) < 4.78 is 0. The van der Waals surface area contributed by atoms with Gasteiger partial charge in [-0.15, -0.1) is 0 Å². The fraction of sp³-hybridized carbons (Fsp3) is 0. The summed E-state index contributed by atoms with van der Waals surface area (Å²) in [6.07, 6.45) is 0. The van der Waals surface area contributed by atoms with Crippen LogP contribution in [0, 0.1) is 10.1 Å². The van der Waals surface area contributed by atoms with Crippen molar-refractivity contribution in [2.75, 3.05) is 0 Å². The first-order chi connectivity index (χ1) is 7.68. The molecule has 1 heterocycles. The van der Waals surface area contributed by atoms with Gasteiger partial charge in [-0.3, -0.25) is 10.1 Å². The number of nitro groups is 1. The molecule has 0 aliphatic carbocycles. The molecule has 0 radical (unpaired) electrons. The van der Waals surface area contributed by atoms with Gasteiger partial charge in [0.05, 0.1) is 4.92 Å². The number of benzene rings is 1. The lowest BCUT2D eigenvalue weighted by atomic mass is 10.1. The highest BCUT2D eigenvalue weighted by Crippen LogP contribution is 2.28. The summed E-state index contributed by atoms with van der Waals surface area (Å²) in [4.78, 5) is 14.4. The van der Waals surface area contributed by atoms with Crippen LogP contribution in [-0.2, 0) is 0 Å². The van der Waals surface area contributed by atoms with Crippen molar-refractivity contribution in [2.45, 2.75) is 0 Å². The third-order valence-electron chi connectivity index (χ3n) is 2.08. The van der Waals surface area contributed by atoms with E-state index in [0.717, 1.165) is 0 Å². The van der Waals surface area contributed by atoms with E-state index in [-0.39, 0.29) is 16.5 Å². The average Bonchev–Trinajstić information content (AvgIpc) is 2.29. The molecule has 0 amide bonds. The standard InChI is InChI=1S/C11H7ClN2O2/c12-10-7-6-9(14(15)16)11(13-10)8-4-2-1-3-5-8/h1-7H. The molecule has 0 N–H and O–H groups in total. The van der Waals surface area contributed by atoms with Gasteiger partial charge in [-0.2, -0.15) is 0 Å². The number of aromatic nitrogens is 1. The van der Waals surface area contributed by atoms with Crippen molar-refractivity contribution in [3.05, 3.63) is 57.7 Å². The lowest BCUT2D eigenvalue weighted by Gasteiger charge is -2.02. The second-order valence-corrected chi connectivity index (χ2v) is 3.51. The van der Waals surface area contributed by atoms with E-state index < -0.39 is 4.92 Å². The summed E-state index contributed by atoms with van der Waals surface area (Å²) in [7, 11) is 0. The van der Waals surface area contributed by atoms with Gasteiger partial charge in [0, 0.05) is 11.6 Å². The molecule has 5 heteroatoms. The molecule has 4 nitrogen and oxygen atoms in total. The van der Waals surface area contributed by atoms with E-state index in [9.17, 15) is 10.1 Å². The van der Waals surface area contributed by atoms with Gasteiger partial charge in [0.15, 0.2) is 0 Å². The van der Waals surface area contributed by atoms with Crippen molar-refractivity contribution in [2.24, 2.45) is 0 Å². The molecular weight excluding hydrogens is 228 g/mol. The predicted octanol–water partition coefficient (Wildman–Crippen LogP) is 3.31. The van der Waals surface area contributed by atoms with Crippen molar-refractivity contribution in [1.82, 2.24) is 4.98 Å². The van der Waals surface area contributed by atoms with Crippen molar-refractivity contribution in [1.29, 1.82) is 0 Å². The Kier molecular flexibility index (Phi) is 2.83. The average molecular weight is 235 g/mol. The van der Waals surface area contributed by atoms with Gasteiger partial charge >= 0.3 is 0 Å². The van der Waals surface area contributed by atoms with Gasteiger partial charge in [0.1, 0.15) is 10.8 Å². The highest BCUT2D eigenvalue weighted by molar-refractivity contribution is 6.29. The maximum absolute atomic E-state index is 10.8. The Labute approximate surface area is 96.7 Å². The van der Waals surface area contributed by atoms with Gasteiger partial charge in [-0.1, -0.05) is 41.9 Å². The fourth-order valence-electron chi connectivity index (χ4n) is 1.38. The second-order valence-electron chi connectivity index (χ2n) is 3.12. The molecule has 2 rings (SSSR count). The highest BCUT2D eigenvalue weighted by atomic mass is 35.5. The van der Waals surface area contributed by atoms with Crippen molar-refractivity contribution in [3.63, 3.8) is 0 Å². The fourth-order valence-corrected chi connectivity index (χ4v) is 1.53. The van der Waals surface area contributed by atoms with E-state index in [4.69, 9.17) is 11.6 Å². The van der Waals surface area contributed by atoms with Gasteiger partial charge < -0.3 is 0 Å². The molecule has 0 saturated heterocycles. The lowest BCUT2D eigenvalue weighted by molar-refractivity contribution is -0.384.